The lowest BCUT2D eigenvalue weighted by Crippen LogP contribution is -2.18. The molecule has 118 valence electrons. The molecule has 1 N–H and O–H groups in total. The molecule has 0 aliphatic carbocycles. The number of hydrogen-bond donors (Lipinski definition) is 1. The lowest BCUT2D eigenvalue weighted by molar-refractivity contribution is -0.0512. The third-order valence-corrected chi connectivity index (χ3v) is 3.08. The smallest absolute Gasteiger partial charge is 0.387 e. The van der Waals surface area contributed by atoms with Crippen LogP contribution < -0.4 is 14.8 Å². The molecule has 0 aliphatic rings. The van der Waals surface area contributed by atoms with E-state index in [-0.39, 0.29) is 5.75 Å². The first kappa shape index (κ1) is 17.4. The number of rotatable bonds is 8. The van der Waals surface area contributed by atoms with Gasteiger partial charge in [-0.15, -0.1) is 0 Å². The van der Waals surface area contributed by atoms with Crippen molar-refractivity contribution in [1.29, 1.82) is 0 Å². The van der Waals surface area contributed by atoms with Crippen LogP contribution in [0.3, 0.4) is 0 Å². The van der Waals surface area contributed by atoms with E-state index in [4.69, 9.17) is 4.74 Å². The van der Waals surface area contributed by atoms with E-state index < -0.39 is 6.61 Å². The maximum absolute atomic E-state index is 12.4. The number of alkyl halides is 2. The van der Waals surface area contributed by atoms with Gasteiger partial charge in [0, 0.05) is 6.54 Å². The molecule has 5 heteroatoms. The summed E-state index contributed by atoms with van der Waals surface area (Å²) in [5, 5.41) is 3.28. The van der Waals surface area contributed by atoms with Crippen molar-refractivity contribution in [2.45, 2.75) is 27.4 Å². The van der Waals surface area contributed by atoms with Gasteiger partial charge in [0.15, 0.2) is 11.5 Å². The van der Waals surface area contributed by atoms with Gasteiger partial charge in [0.2, 0.25) is 0 Å². The standard InChI is InChI=1S/C16H23F2NO2/c1-5-19-10-13(11(2)3)8-12-6-7-14(20-4)15(9-12)21-16(17)18/h6-9,11,16,19H,5,10H2,1-4H3. The summed E-state index contributed by atoms with van der Waals surface area (Å²) in [4.78, 5) is 0. The highest BCUT2D eigenvalue weighted by Gasteiger charge is 2.11. The van der Waals surface area contributed by atoms with E-state index in [9.17, 15) is 8.78 Å². The largest absolute Gasteiger partial charge is 0.493 e. The second-order valence-corrected chi connectivity index (χ2v) is 4.94. The van der Waals surface area contributed by atoms with Gasteiger partial charge in [0.1, 0.15) is 0 Å². The first-order valence-electron chi connectivity index (χ1n) is 7.02. The summed E-state index contributed by atoms with van der Waals surface area (Å²) in [5.41, 5.74) is 2.01. The fourth-order valence-electron chi connectivity index (χ4n) is 1.88. The summed E-state index contributed by atoms with van der Waals surface area (Å²) >= 11 is 0. The van der Waals surface area contributed by atoms with Crippen molar-refractivity contribution >= 4 is 6.08 Å². The lowest BCUT2D eigenvalue weighted by Gasteiger charge is -2.14. The molecule has 1 aromatic rings. The quantitative estimate of drug-likeness (QED) is 0.788. The summed E-state index contributed by atoms with van der Waals surface area (Å²) in [5.74, 6) is 0.712. The molecule has 3 nitrogen and oxygen atoms in total. The van der Waals surface area contributed by atoms with Gasteiger partial charge >= 0.3 is 6.61 Å². The van der Waals surface area contributed by atoms with E-state index in [0.717, 1.165) is 18.7 Å². The first-order valence-corrected chi connectivity index (χ1v) is 7.02. The molecule has 0 fully saturated rings. The Morgan fingerprint density at radius 3 is 2.52 bits per heavy atom. The van der Waals surface area contributed by atoms with E-state index in [0.29, 0.717) is 11.7 Å². The van der Waals surface area contributed by atoms with E-state index in [2.05, 4.69) is 23.9 Å². The van der Waals surface area contributed by atoms with Crippen molar-refractivity contribution in [3.8, 4) is 11.5 Å². The Hall–Kier alpha value is -1.62. The van der Waals surface area contributed by atoms with Crippen LogP contribution in [0.1, 0.15) is 26.3 Å². The molecule has 0 bridgehead atoms. The van der Waals surface area contributed by atoms with Gasteiger partial charge in [-0.05, 0) is 30.2 Å². The zero-order valence-electron chi connectivity index (χ0n) is 13.0. The lowest BCUT2D eigenvalue weighted by atomic mass is 10.00. The number of ether oxygens (including phenoxy) is 2. The highest BCUT2D eigenvalue weighted by molar-refractivity contribution is 5.58. The Morgan fingerprint density at radius 1 is 1.29 bits per heavy atom. The molecule has 1 aromatic carbocycles. The van der Waals surface area contributed by atoms with Crippen LogP contribution in [0.4, 0.5) is 8.78 Å². The molecule has 0 saturated heterocycles. The Morgan fingerprint density at radius 2 is 2.00 bits per heavy atom. The van der Waals surface area contributed by atoms with Gasteiger partial charge in [-0.1, -0.05) is 38.5 Å². The third kappa shape index (κ3) is 5.71. The van der Waals surface area contributed by atoms with Crippen molar-refractivity contribution in [2.24, 2.45) is 5.92 Å². The molecule has 21 heavy (non-hydrogen) atoms. The maximum Gasteiger partial charge on any atom is 0.387 e. The normalized spacial score (nSPS) is 12.1. The molecule has 0 atom stereocenters. The van der Waals surface area contributed by atoms with E-state index in [1.54, 1.807) is 12.1 Å². The number of methoxy groups -OCH3 is 1. The fourth-order valence-corrected chi connectivity index (χ4v) is 1.88. The van der Waals surface area contributed by atoms with Crippen LogP contribution >= 0.6 is 0 Å². The molecule has 1 rings (SSSR count). The second kappa shape index (κ2) is 8.62. The van der Waals surface area contributed by atoms with Gasteiger partial charge in [-0.3, -0.25) is 0 Å². The topological polar surface area (TPSA) is 30.5 Å². The predicted molar refractivity (Wildman–Crippen MR) is 81.0 cm³/mol. The van der Waals surface area contributed by atoms with Gasteiger partial charge < -0.3 is 14.8 Å². The van der Waals surface area contributed by atoms with Gasteiger partial charge in [-0.2, -0.15) is 8.78 Å². The minimum atomic E-state index is -2.87. The molecular weight excluding hydrogens is 276 g/mol. The molecule has 0 aromatic heterocycles. The summed E-state index contributed by atoms with van der Waals surface area (Å²) < 4.78 is 34.4. The molecule has 0 spiro atoms. The molecule has 0 saturated carbocycles. The SMILES string of the molecule is CCNCC(=Cc1ccc(OC)c(OC(F)F)c1)C(C)C. The van der Waals surface area contributed by atoms with Crippen LogP contribution in [0.5, 0.6) is 11.5 Å². The van der Waals surface area contributed by atoms with Crippen LogP contribution in [0, 0.1) is 5.92 Å². The van der Waals surface area contributed by atoms with Crippen LogP contribution in [0.15, 0.2) is 23.8 Å². The summed E-state index contributed by atoms with van der Waals surface area (Å²) in [6.45, 7) is 5.02. The van der Waals surface area contributed by atoms with Crippen molar-refractivity contribution in [3.63, 3.8) is 0 Å². The van der Waals surface area contributed by atoms with Gasteiger partial charge in [0.05, 0.1) is 7.11 Å². The fraction of sp³-hybridized carbons (Fsp3) is 0.500. The van der Waals surface area contributed by atoms with Crippen molar-refractivity contribution < 1.29 is 18.3 Å². The molecule has 0 aliphatic heterocycles. The van der Waals surface area contributed by atoms with E-state index >= 15 is 0 Å². The van der Waals surface area contributed by atoms with Crippen LogP contribution in [0.25, 0.3) is 6.08 Å². The Balaban J connectivity index is 3.05. The molecular formula is C16H23F2NO2. The van der Waals surface area contributed by atoms with Crippen LogP contribution in [-0.4, -0.2) is 26.8 Å². The van der Waals surface area contributed by atoms with Crippen LogP contribution in [-0.2, 0) is 0 Å². The van der Waals surface area contributed by atoms with Gasteiger partial charge in [-0.25, -0.2) is 0 Å². The van der Waals surface area contributed by atoms with E-state index in [1.165, 1.54) is 12.7 Å². The zero-order valence-corrected chi connectivity index (χ0v) is 13.0. The Kier molecular flexibility index (Phi) is 7.15. The monoisotopic (exact) mass is 299 g/mol. The Labute approximate surface area is 124 Å². The average molecular weight is 299 g/mol. The third-order valence-electron chi connectivity index (χ3n) is 3.08. The molecule has 0 heterocycles. The van der Waals surface area contributed by atoms with Crippen molar-refractivity contribution in [2.75, 3.05) is 20.2 Å². The number of benzene rings is 1. The van der Waals surface area contributed by atoms with Gasteiger partial charge in [0.25, 0.3) is 0 Å². The first-order chi connectivity index (χ1) is 9.97. The summed E-state index contributed by atoms with van der Waals surface area (Å²) in [6.07, 6.45) is 1.99. The predicted octanol–water partition coefficient (Wildman–Crippen LogP) is 3.95. The van der Waals surface area contributed by atoms with Crippen molar-refractivity contribution in [1.82, 2.24) is 5.32 Å². The molecule has 0 amide bonds. The maximum atomic E-state index is 12.4. The average Bonchev–Trinajstić information content (AvgIpc) is 2.42. The second-order valence-electron chi connectivity index (χ2n) is 4.94. The number of likely N-dealkylation sites (N-methyl/N-ethyl adjacent to an activating group) is 1. The Bertz CT molecular complexity index is 473. The molecule has 0 unspecified atom stereocenters. The minimum absolute atomic E-state index is 0.0489. The van der Waals surface area contributed by atoms with Crippen molar-refractivity contribution in [3.05, 3.63) is 29.3 Å². The number of hydrogen-bond acceptors (Lipinski definition) is 3. The number of nitrogens with one attached hydrogen (secondary N) is 1. The van der Waals surface area contributed by atoms with E-state index in [1.807, 2.05) is 19.1 Å². The summed E-state index contributed by atoms with van der Waals surface area (Å²) in [7, 11) is 1.42. The highest BCUT2D eigenvalue weighted by atomic mass is 19.3. The summed E-state index contributed by atoms with van der Waals surface area (Å²) in [6, 6.07) is 5.03. The zero-order chi connectivity index (χ0) is 15.8. The minimum Gasteiger partial charge on any atom is -0.493 e. The highest BCUT2D eigenvalue weighted by Crippen LogP contribution is 2.30. The van der Waals surface area contributed by atoms with Crippen LogP contribution in [0.2, 0.25) is 0 Å². The molecule has 0 radical (unpaired) electrons. The number of halogens is 2.